The molecule has 0 unspecified atom stereocenters. The highest BCUT2D eigenvalue weighted by atomic mass is 32.2. The van der Waals surface area contributed by atoms with Crippen LogP contribution in [0.5, 0.6) is 0 Å². The van der Waals surface area contributed by atoms with Gasteiger partial charge in [0.25, 0.3) is 0 Å². The van der Waals surface area contributed by atoms with E-state index < -0.39 is 0 Å². The van der Waals surface area contributed by atoms with E-state index in [-0.39, 0.29) is 0 Å². The van der Waals surface area contributed by atoms with Crippen molar-refractivity contribution in [2.75, 3.05) is 11.5 Å². The maximum Gasteiger partial charge on any atom is 0.188 e. The molecule has 0 N–H and O–H groups in total. The zero-order chi connectivity index (χ0) is 23.3. The van der Waals surface area contributed by atoms with Gasteiger partial charge in [-0.15, -0.1) is 0 Å². The second kappa shape index (κ2) is 20.4. The first-order valence-corrected chi connectivity index (χ1v) is 15.9. The van der Waals surface area contributed by atoms with Gasteiger partial charge in [-0.2, -0.15) is 0 Å². The summed E-state index contributed by atoms with van der Waals surface area (Å²) in [6.45, 7) is 4.48. The number of thioether (sulfide) groups is 2. The average molecular weight is 485 g/mol. The molecule has 1 aliphatic carbocycles. The summed E-state index contributed by atoms with van der Waals surface area (Å²) in [5, 5.41) is 0.796. The van der Waals surface area contributed by atoms with Gasteiger partial charge in [-0.3, -0.25) is 9.59 Å². The number of carbonyl (C=O) groups is 2. The summed E-state index contributed by atoms with van der Waals surface area (Å²) in [4.78, 5) is 24.6. The molecular weight excluding hydrogens is 432 g/mol. The minimum Gasteiger partial charge on any atom is -0.287 e. The molecular formula is C28H52O2S2. The number of hydrogen-bond donors (Lipinski definition) is 0. The van der Waals surface area contributed by atoms with E-state index in [1.165, 1.54) is 96.3 Å². The normalized spacial score (nSPS) is 15.7. The predicted octanol–water partition coefficient (Wildman–Crippen LogP) is 9.74. The van der Waals surface area contributed by atoms with Gasteiger partial charge in [-0.25, -0.2) is 0 Å². The largest absolute Gasteiger partial charge is 0.287 e. The molecule has 1 saturated carbocycles. The first-order chi connectivity index (χ1) is 15.6. The molecule has 0 saturated heterocycles. The van der Waals surface area contributed by atoms with Crippen molar-refractivity contribution in [3.63, 3.8) is 0 Å². The van der Waals surface area contributed by atoms with E-state index in [0.717, 1.165) is 50.0 Å². The predicted molar refractivity (Wildman–Crippen MR) is 146 cm³/mol. The molecule has 0 aliphatic heterocycles. The lowest BCUT2D eigenvalue weighted by Crippen LogP contribution is -2.26. The Labute approximate surface area is 208 Å². The molecule has 2 nitrogen and oxygen atoms in total. The van der Waals surface area contributed by atoms with Crippen molar-refractivity contribution in [1.29, 1.82) is 0 Å². The van der Waals surface area contributed by atoms with Crippen molar-refractivity contribution >= 4 is 33.8 Å². The topological polar surface area (TPSA) is 34.1 Å². The Balaban J connectivity index is 2.19. The zero-order valence-corrected chi connectivity index (χ0v) is 23.0. The third-order valence-corrected chi connectivity index (χ3v) is 9.04. The molecule has 0 heterocycles. The van der Waals surface area contributed by atoms with E-state index in [1.807, 2.05) is 0 Å². The van der Waals surface area contributed by atoms with Crippen molar-refractivity contribution in [1.82, 2.24) is 0 Å². The van der Waals surface area contributed by atoms with Gasteiger partial charge >= 0.3 is 0 Å². The molecule has 0 spiro atoms. The molecule has 0 bridgehead atoms. The number of rotatable bonds is 20. The SMILES string of the molecule is CCCCCCCCC(=O)SCCC1(CCSC(=O)CCCCCCCC)CCCCC1. The number of hydrogen-bond acceptors (Lipinski definition) is 4. The highest BCUT2D eigenvalue weighted by Crippen LogP contribution is 2.44. The molecule has 1 aliphatic rings. The summed E-state index contributed by atoms with van der Waals surface area (Å²) in [6.07, 6.45) is 25.4. The highest BCUT2D eigenvalue weighted by Gasteiger charge is 2.31. The fourth-order valence-corrected chi connectivity index (χ4v) is 7.04. The molecule has 1 fully saturated rings. The van der Waals surface area contributed by atoms with E-state index >= 15 is 0 Å². The van der Waals surface area contributed by atoms with Crippen molar-refractivity contribution in [3.05, 3.63) is 0 Å². The highest BCUT2D eigenvalue weighted by molar-refractivity contribution is 8.13. The lowest BCUT2D eigenvalue weighted by atomic mass is 9.70. The Morgan fingerprint density at radius 1 is 0.594 bits per heavy atom. The molecule has 0 atom stereocenters. The Kier molecular flexibility index (Phi) is 19.2. The molecule has 0 aromatic heterocycles. The van der Waals surface area contributed by atoms with Gasteiger partial charge in [0.2, 0.25) is 0 Å². The van der Waals surface area contributed by atoms with Crippen LogP contribution >= 0.6 is 23.5 Å². The molecule has 0 amide bonds. The van der Waals surface area contributed by atoms with Gasteiger partial charge in [-0.1, -0.05) is 121 Å². The van der Waals surface area contributed by atoms with Crippen LogP contribution in [0.4, 0.5) is 0 Å². The Morgan fingerprint density at radius 3 is 1.44 bits per heavy atom. The van der Waals surface area contributed by atoms with E-state index in [1.54, 1.807) is 23.5 Å². The summed E-state index contributed by atoms with van der Waals surface area (Å²) in [6, 6.07) is 0. The fraction of sp³-hybridized carbons (Fsp3) is 0.929. The molecule has 32 heavy (non-hydrogen) atoms. The smallest absolute Gasteiger partial charge is 0.188 e. The van der Waals surface area contributed by atoms with Crippen molar-refractivity contribution in [2.24, 2.45) is 5.41 Å². The second-order valence-corrected chi connectivity index (χ2v) is 12.3. The maximum absolute atomic E-state index is 12.3. The van der Waals surface area contributed by atoms with Crippen LogP contribution in [0.1, 0.15) is 149 Å². The van der Waals surface area contributed by atoms with Crippen LogP contribution in [0.25, 0.3) is 0 Å². The lowest BCUT2D eigenvalue weighted by Gasteiger charge is -2.37. The fourth-order valence-electron chi connectivity index (χ4n) is 4.93. The molecule has 4 heteroatoms. The van der Waals surface area contributed by atoms with Crippen molar-refractivity contribution in [3.8, 4) is 0 Å². The molecule has 0 aromatic rings. The number of unbranched alkanes of at least 4 members (excludes halogenated alkanes) is 10. The van der Waals surface area contributed by atoms with Crippen LogP contribution in [0.15, 0.2) is 0 Å². The minimum atomic E-state index is 0.388. The van der Waals surface area contributed by atoms with Gasteiger partial charge in [0.05, 0.1) is 0 Å². The molecule has 1 rings (SSSR count). The Bertz CT molecular complexity index is 436. The van der Waals surface area contributed by atoms with Crippen LogP contribution in [0.3, 0.4) is 0 Å². The zero-order valence-electron chi connectivity index (χ0n) is 21.4. The lowest BCUT2D eigenvalue weighted by molar-refractivity contribution is -0.111. The monoisotopic (exact) mass is 484 g/mol. The van der Waals surface area contributed by atoms with Crippen LogP contribution in [-0.2, 0) is 9.59 Å². The summed E-state index contributed by atoms with van der Waals surface area (Å²) < 4.78 is 0. The first kappa shape index (κ1) is 30.1. The minimum absolute atomic E-state index is 0.388. The van der Waals surface area contributed by atoms with E-state index in [9.17, 15) is 9.59 Å². The maximum atomic E-state index is 12.3. The van der Waals surface area contributed by atoms with Gasteiger partial charge < -0.3 is 0 Å². The van der Waals surface area contributed by atoms with Crippen molar-refractivity contribution < 1.29 is 9.59 Å². The Morgan fingerprint density at radius 2 is 1.00 bits per heavy atom. The Hall–Kier alpha value is 0.0400. The summed E-state index contributed by atoms with van der Waals surface area (Å²) >= 11 is 3.17. The standard InChI is InChI=1S/C28H52O2S2/c1-3-5-7-9-11-14-18-26(29)31-24-22-28(20-16-13-17-21-28)23-25-32-27(30)19-15-12-10-8-6-4-2/h3-25H2,1-2H3. The molecule has 0 aromatic carbocycles. The van der Waals surface area contributed by atoms with Crippen LogP contribution in [0.2, 0.25) is 0 Å². The number of carbonyl (C=O) groups excluding carboxylic acids is 2. The van der Waals surface area contributed by atoms with Gasteiger partial charge in [0.15, 0.2) is 10.2 Å². The third-order valence-electron chi connectivity index (χ3n) is 7.17. The summed E-state index contributed by atoms with van der Waals surface area (Å²) in [5.41, 5.74) is 0.388. The quantitative estimate of drug-likeness (QED) is 0.161. The van der Waals surface area contributed by atoms with E-state index in [0.29, 0.717) is 15.6 Å². The van der Waals surface area contributed by atoms with E-state index in [2.05, 4.69) is 13.8 Å². The molecule has 188 valence electrons. The van der Waals surface area contributed by atoms with Gasteiger partial charge in [0.1, 0.15) is 0 Å². The second-order valence-electron chi connectivity index (χ2n) is 10.0. The first-order valence-electron chi connectivity index (χ1n) is 13.9. The summed E-state index contributed by atoms with van der Waals surface area (Å²) in [5.74, 6) is 1.95. The van der Waals surface area contributed by atoms with Gasteiger partial charge in [-0.05, 0) is 43.9 Å². The third kappa shape index (κ3) is 15.8. The van der Waals surface area contributed by atoms with Crippen LogP contribution < -0.4 is 0 Å². The van der Waals surface area contributed by atoms with E-state index in [4.69, 9.17) is 0 Å². The molecule has 0 radical (unpaired) electrons. The van der Waals surface area contributed by atoms with Crippen LogP contribution in [-0.4, -0.2) is 21.7 Å². The van der Waals surface area contributed by atoms with Crippen molar-refractivity contribution in [2.45, 2.75) is 149 Å². The average Bonchev–Trinajstić information content (AvgIpc) is 2.79. The van der Waals surface area contributed by atoms with Crippen LogP contribution in [0, 0.1) is 5.41 Å². The van der Waals surface area contributed by atoms with Gasteiger partial charge in [0, 0.05) is 24.3 Å². The summed E-state index contributed by atoms with van der Waals surface area (Å²) in [7, 11) is 0.